The number of nitrogens with zero attached hydrogens (tertiary/aromatic N) is 2. The van der Waals surface area contributed by atoms with Crippen molar-refractivity contribution in [3.05, 3.63) is 42.2 Å². The Kier molecular flexibility index (Phi) is 6.63. The summed E-state index contributed by atoms with van der Waals surface area (Å²) in [6.07, 6.45) is 4.90. The van der Waals surface area contributed by atoms with Crippen LogP contribution in [0.2, 0.25) is 0 Å². The van der Waals surface area contributed by atoms with Crippen molar-refractivity contribution < 1.29 is 9.63 Å². The topological polar surface area (TPSA) is 49.5 Å². The van der Waals surface area contributed by atoms with Crippen LogP contribution in [0.4, 0.5) is 0 Å². The average molecular weight is 337 g/mol. The number of aliphatic hydroxyl groups excluding tert-OH is 1. The molecule has 1 fully saturated rings. The Labute approximate surface area is 143 Å². The van der Waals surface area contributed by atoms with Crippen LogP contribution < -0.4 is 0 Å². The van der Waals surface area contributed by atoms with Crippen LogP contribution in [0.25, 0.3) is 11.3 Å². The van der Waals surface area contributed by atoms with Gasteiger partial charge in [-0.2, -0.15) is 0 Å². The molecule has 2 heterocycles. The minimum atomic E-state index is -0.552. The summed E-state index contributed by atoms with van der Waals surface area (Å²) in [5.41, 5.74) is 2.52. The summed E-state index contributed by atoms with van der Waals surface area (Å²) in [7, 11) is 0. The first-order chi connectivity index (χ1) is 10.8. The van der Waals surface area contributed by atoms with E-state index in [0.717, 1.165) is 36.5 Å². The SMILES string of the molecule is CC(CN1CCCCC1)C(O)c1conc1-c1ccccc1.Cl. The summed E-state index contributed by atoms with van der Waals surface area (Å²) in [6.45, 7) is 5.31. The summed E-state index contributed by atoms with van der Waals surface area (Å²) in [6, 6.07) is 9.89. The fourth-order valence-corrected chi connectivity index (χ4v) is 3.23. The molecule has 0 bridgehead atoms. The molecule has 1 aliphatic rings. The van der Waals surface area contributed by atoms with Gasteiger partial charge in [0.1, 0.15) is 12.0 Å². The third-order valence-electron chi connectivity index (χ3n) is 4.50. The molecule has 1 aromatic heterocycles. The van der Waals surface area contributed by atoms with Gasteiger partial charge in [0.15, 0.2) is 0 Å². The van der Waals surface area contributed by atoms with Crippen LogP contribution in [0.3, 0.4) is 0 Å². The van der Waals surface area contributed by atoms with Crippen LogP contribution in [0.15, 0.2) is 41.1 Å². The zero-order valence-corrected chi connectivity index (χ0v) is 14.3. The second kappa shape index (κ2) is 8.48. The van der Waals surface area contributed by atoms with Crippen LogP contribution in [-0.4, -0.2) is 34.8 Å². The van der Waals surface area contributed by atoms with Crippen molar-refractivity contribution in [1.29, 1.82) is 0 Å². The fraction of sp³-hybridized carbons (Fsp3) is 0.500. The molecule has 23 heavy (non-hydrogen) atoms. The minimum Gasteiger partial charge on any atom is -0.388 e. The molecular weight excluding hydrogens is 312 g/mol. The molecule has 0 amide bonds. The standard InChI is InChI=1S/C18H24N2O2.ClH/c1-14(12-20-10-6-3-7-11-20)18(21)16-13-22-19-17(16)15-8-4-2-5-9-15;/h2,4-5,8-9,13-14,18,21H,3,6-7,10-12H2,1H3;1H. The number of halogens is 1. The van der Waals surface area contributed by atoms with Gasteiger partial charge in [0.2, 0.25) is 0 Å². The van der Waals surface area contributed by atoms with Crippen LogP contribution >= 0.6 is 12.4 Å². The predicted octanol–water partition coefficient (Wildman–Crippen LogP) is 3.92. The third kappa shape index (κ3) is 4.34. The molecule has 5 heteroatoms. The molecule has 1 saturated heterocycles. The summed E-state index contributed by atoms with van der Waals surface area (Å²) >= 11 is 0. The smallest absolute Gasteiger partial charge is 0.130 e. The van der Waals surface area contributed by atoms with Crippen LogP contribution in [0.1, 0.15) is 37.9 Å². The maximum absolute atomic E-state index is 10.7. The van der Waals surface area contributed by atoms with Gasteiger partial charge in [-0.15, -0.1) is 12.4 Å². The van der Waals surface area contributed by atoms with Gasteiger partial charge < -0.3 is 14.5 Å². The highest BCUT2D eigenvalue weighted by Gasteiger charge is 2.25. The third-order valence-corrected chi connectivity index (χ3v) is 4.50. The molecule has 2 unspecified atom stereocenters. The molecule has 126 valence electrons. The largest absolute Gasteiger partial charge is 0.388 e. The molecule has 3 rings (SSSR count). The molecule has 1 N–H and O–H groups in total. The number of benzene rings is 1. The van der Waals surface area contributed by atoms with E-state index in [1.54, 1.807) is 6.26 Å². The highest BCUT2D eigenvalue weighted by Crippen LogP contribution is 2.31. The summed E-state index contributed by atoms with van der Waals surface area (Å²) < 4.78 is 5.14. The van der Waals surface area contributed by atoms with Crippen molar-refractivity contribution in [2.45, 2.75) is 32.3 Å². The summed E-state index contributed by atoms with van der Waals surface area (Å²) in [4.78, 5) is 2.45. The first kappa shape index (κ1) is 18.0. The van der Waals surface area contributed by atoms with Crippen LogP contribution in [0, 0.1) is 5.92 Å². The van der Waals surface area contributed by atoms with Crippen molar-refractivity contribution in [2.75, 3.05) is 19.6 Å². The van der Waals surface area contributed by atoms with E-state index in [0.29, 0.717) is 0 Å². The number of hydrogen-bond donors (Lipinski definition) is 1. The van der Waals surface area contributed by atoms with E-state index in [-0.39, 0.29) is 18.3 Å². The molecule has 2 atom stereocenters. The van der Waals surface area contributed by atoms with Gasteiger partial charge >= 0.3 is 0 Å². The molecule has 0 radical (unpaired) electrons. The van der Waals surface area contributed by atoms with E-state index in [2.05, 4.69) is 17.0 Å². The van der Waals surface area contributed by atoms with Crippen molar-refractivity contribution >= 4 is 12.4 Å². The Morgan fingerprint density at radius 1 is 1.17 bits per heavy atom. The lowest BCUT2D eigenvalue weighted by molar-refractivity contribution is 0.0819. The zero-order valence-electron chi connectivity index (χ0n) is 13.5. The number of hydrogen-bond acceptors (Lipinski definition) is 4. The summed E-state index contributed by atoms with van der Waals surface area (Å²) in [5.74, 6) is 0.153. The number of aliphatic hydroxyl groups is 1. The van der Waals surface area contributed by atoms with E-state index < -0.39 is 6.10 Å². The van der Waals surface area contributed by atoms with E-state index in [1.165, 1.54) is 19.3 Å². The highest BCUT2D eigenvalue weighted by atomic mass is 35.5. The second-order valence-electron chi connectivity index (χ2n) is 6.27. The van der Waals surface area contributed by atoms with Gasteiger partial charge in [-0.25, -0.2) is 0 Å². The van der Waals surface area contributed by atoms with Gasteiger partial charge in [0.05, 0.1) is 6.10 Å². The Morgan fingerprint density at radius 2 is 1.87 bits per heavy atom. The lowest BCUT2D eigenvalue weighted by atomic mass is 9.94. The van der Waals surface area contributed by atoms with Gasteiger partial charge in [0.25, 0.3) is 0 Å². The predicted molar refractivity (Wildman–Crippen MR) is 93.6 cm³/mol. The molecule has 2 aromatic rings. The van der Waals surface area contributed by atoms with E-state index in [4.69, 9.17) is 4.52 Å². The van der Waals surface area contributed by atoms with Crippen LogP contribution in [-0.2, 0) is 0 Å². The Balaban J connectivity index is 0.00000192. The molecule has 1 aliphatic heterocycles. The number of likely N-dealkylation sites (tertiary alicyclic amines) is 1. The maximum Gasteiger partial charge on any atom is 0.130 e. The molecule has 4 nitrogen and oxygen atoms in total. The molecular formula is C18H25ClN2O2. The number of rotatable bonds is 5. The zero-order chi connectivity index (χ0) is 15.4. The van der Waals surface area contributed by atoms with E-state index in [1.807, 2.05) is 30.3 Å². The minimum absolute atomic E-state index is 0. The first-order valence-electron chi connectivity index (χ1n) is 8.16. The van der Waals surface area contributed by atoms with Gasteiger partial charge in [-0.05, 0) is 31.8 Å². The number of piperidine rings is 1. The molecule has 1 aromatic carbocycles. The highest BCUT2D eigenvalue weighted by molar-refractivity contribution is 5.85. The van der Waals surface area contributed by atoms with Gasteiger partial charge in [-0.1, -0.05) is 48.8 Å². The van der Waals surface area contributed by atoms with Crippen molar-refractivity contribution in [2.24, 2.45) is 5.92 Å². The Hall–Kier alpha value is -1.36. The molecule has 0 saturated carbocycles. The van der Waals surface area contributed by atoms with Crippen molar-refractivity contribution in [1.82, 2.24) is 10.1 Å². The van der Waals surface area contributed by atoms with E-state index >= 15 is 0 Å². The van der Waals surface area contributed by atoms with Crippen molar-refractivity contribution in [3.63, 3.8) is 0 Å². The quantitative estimate of drug-likeness (QED) is 0.899. The lowest BCUT2D eigenvalue weighted by Crippen LogP contribution is -2.35. The Morgan fingerprint density at radius 3 is 2.57 bits per heavy atom. The number of aromatic nitrogens is 1. The van der Waals surface area contributed by atoms with Gasteiger partial charge in [0, 0.05) is 17.7 Å². The molecule has 0 aliphatic carbocycles. The maximum atomic E-state index is 10.7. The normalized spacial score (nSPS) is 18.2. The van der Waals surface area contributed by atoms with Gasteiger partial charge in [-0.3, -0.25) is 0 Å². The monoisotopic (exact) mass is 336 g/mol. The fourth-order valence-electron chi connectivity index (χ4n) is 3.23. The molecule has 0 spiro atoms. The first-order valence-corrected chi connectivity index (χ1v) is 8.16. The lowest BCUT2D eigenvalue weighted by Gasteiger charge is -2.30. The van der Waals surface area contributed by atoms with Crippen LogP contribution in [0.5, 0.6) is 0 Å². The summed E-state index contributed by atoms with van der Waals surface area (Å²) in [5, 5.41) is 14.8. The van der Waals surface area contributed by atoms with Crippen molar-refractivity contribution in [3.8, 4) is 11.3 Å². The average Bonchev–Trinajstić information content (AvgIpc) is 3.05. The van der Waals surface area contributed by atoms with E-state index in [9.17, 15) is 5.11 Å². The second-order valence-corrected chi connectivity index (χ2v) is 6.27. The Bertz CT molecular complexity index is 582.